The fourth-order valence-electron chi connectivity index (χ4n) is 4.88. The van der Waals surface area contributed by atoms with Crippen LogP contribution in [0.3, 0.4) is 0 Å². The number of aliphatic imine (C=N–C) groups is 1. The van der Waals surface area contributed by atoms with Gasteiger partial charge < -0.3 is 20.1 Å². The number of benzene rings is 4. The van der Waals surface area contributed by atoms with Crippen LogP contribution in [0.1, 0.15) is 34.5 Å². The van der Waals surface area contributed by atoms with Gasteiger partial charge in [-0.1, -0.05) is 42.5 Å². The first-order chi connectivity index (χ1) is 20.2. The van der Waals surface area contributed by atoms with Crippen molar-refractivity contribution in [1.82, 2.24) is 10.2 Å². The minimum absolute atomic E-state index is 0.104. The summed E-state index contributed by atoms with van der Waals surface area (Å²) in [4.78, 5) is 19.6. The van der Waals surface area contributed by atoms with E-state index in [2.05, 4.69) is 10.3 Å². The van der Waals surface area contributed by atoms with Gasteiger partial charge in [-0.05, 0) is 65.6 Å². The molecule has 0 radical (unpaired) electrons. The predicted octanol–water partition coefficient (Wildman–Crippen LogP) is 6.22. The molecular weight excluding hydrogens is 543 g/mol. The summed E-state index contributed by atoms with van der Waals surface area (Å²) in [6.45, 7) is 2.48. The molecule has 0 bridgehead atoms. The Balaban J connectivity index is 1.25. The Labute approximate surface area is 242 Å². The quantitative estimate of drug-likeness (QED) is 0.194. The van der Waals surface area contributed by atoms with Crippen molar-refractivity contribution in [1.29, 1.82) is 0 Å². The normalized spacial score (nSPS) is 16.2. The number of fused-ring (bicyclic) bond motifs is 1. The molecule has 1 aliphatic rings. The van der Waals surface area contributed by atoms with Gasteiger partial charge in [-0.25, -0.2) is 18.2 Å². The second-order valence-corrected chi connectivity index (χ2v) is 10.2. The molecule has 5 rings (SSSR count). The van der Waals surface area contributed by atoms with E-state index in [4.69, 9.17) is 4.74 Å². The van der Waals surface area contributed by atoms with E-state index in [1.807, 2.05) is 61.3 Å². The maximum Gasteiger partial charge on any atom is 0.254 e. The van der Waals surface area contributed by atoms with Gasteiger partial charge in [0.25, 0.3) is 5.91 Å². The van der Waals surface area contributed by atoms with Crippen molar-refractivity contribution in [3.8, 4) is 16.9 Å². The summed E-state index contributed by atoms with van der Waals surface area (Å²) < 4.78 is 47.0. The Hall–Kier alpha value is -4.63. The molecule has 0 spiro atoms. The molecule has 2 N–H and O–H groups in total. The number of amides is 1. The molecule has 0 saturated carbocycles. The Bertz CT molecular complexity index is 1630. The molecule has 0 fully saturated rings. The minimum Gasteiger partial charge on any atom is -0.492 e. The summed E-state index contributed by atoms with van der Waals surface area (Å²) in [5.41, 5.74) is 3.61. The molecule has 1 amide bonds. The summed E-state index contributed by atoms with van der Waals surface area (Å²) in [5.74, 6) is -2.27. The topological polar surface area (TPSA) is 74.2 Å². The van der Waals surface area contributed by atoms with Crippen LogP contribution in [0.25, 0.3) is 11.1 Å². The Morgan fingerprint density at radius 3 is 2.48 bits per heavy atom. The highest BCUT2D eigenvalue weighted by Gasteiger charge is 2.33. The van der Waals surface area contributed by atoms with Gasteiger partial charge in [0.15, 0.2) is 11.6 Å². The summed E-state index contributed by atoms with van der Waals surface area (Å²) in [6.07, 6.45) is -0.521. The van der Waals surface area contributed by atoms with Crippen molar-refractivity contribution < 1.29 is 27.8 Å². The van der Waals surface area contributed by atoms with Gasteiger partial charge in [-0.2, -0.15) is 0 Å². The van der Waals surface area contributed by atoms with Crippen LogP contribution in [-0.4, -0.2) is 48.1 Å². The Kier molecular flexibility index (Phi) is 8.59. The number of rotatable bonds is 8. The zero-order chi connectivity index (χ0) is 29.8. The van der Waals surface area contributed by atoms with Gasteiger partial charge in [-0.3, -0.25) is 4.79 Å². The third-order valence-corrected chi connectivity index (χ3v) is 7.32. The smallest absolute Gasteiger partial charge is 0.254 e. The lowest BCUT2D eigenvalue weighted by Gasteiger charge is -2.20. The van der Waals surface area contributed by atoms with E-state index < -0.39 is 35.5 Å². The molecule has 0 aliphatic heterocycles. The molecule has 6 nitrogen and oxygen atoms in total. The third kappa shape index (κ3) is 6.47. The standard InChI is InChI=1S/C33H30F3N3O3/c1-20(39(2)14-15-42-25-11-13-28(34)30(36)19-25)37-24-10-8-23-17-31(40)32(27(23)18-24)38-33(41)26-12-9-22(16-29(26)35)21-6-4-3-5-7-21/h3-13,16,18-19,31-32,40H,14-15,17H2,1-2H3,(H,38,41)/t31-,32-/m1/s1. The number of nitrogens with zero attached hydrogens (tertiary/aromatic N) is 2. The maximum atomic E-state index is 15.0. The number of ether oxygens (including phenoxy) is 1. The fourth-order valence-corrected chi connectivity index (χ4v) is 4.88. The van der Waals surface area contributed by atoms with Gasteiger partial charge >= 0.3 is 0 Å². The summed E-state index contributed by atoms with van der Waals surface area (Å²) in [6, 6.07) is 21.9. The zero-order valence-electron chi connectivity index (χ0n) is 23.2. The number of hydrogen-bond donors (Lipinski definition) is 2. The summed E-state index contributed by atoms with van der Waals surface area (Å²) in [5, 5.41) is 13.5. The monoisotopic (exact) mass is 573 g/mol. The lowest BCUT2D eigenvalue weighted by Crippen LogP contribution is -2.34. The highest BCUT2D eigenvalue weighted by molar-refractivity contribution is 5.95. The van der Waals surface area contributed by atoms with Crippen LogP contribution in [0, 0.1) is 17.5 Å². The van der Waals surface area contributed by atoms with Gasteiger partial charge in [0, 0.05) is 19.5 Å². The number of hydrogen-bond acceptors (Lipinski definition) is 4. The van der Waals surface area contributed by atoms with E-state index in [1.165, 1.54) is 18.2 Å². The molecule has 0 heterocycles. The lowest BCUT2D eigenvalue weighted by molar-refractivity contribution is 0.0854. The van der Waals surface area contributed by atoms with Crippen molar-refractivity contribution >= 4 is 17.4 Å². The van der Waals surface area contributed by atoms with E-state index in [1.54, 1.807) is 12.1 Å². The number of amidine groups is 1. The van der Waals surface area contributed by atoms with Crippen LogP contribution in [0.15, 0.2) is 89.9 Å². The molecule has 42 heavy (non-hydrogen) atoms. The van der Waals surface area contributed by atoms with Crippen molar-refractivity contribution in [2.75, 3.05) is 20.2 Å². The fraction of sp³-hybridized carbons (Fsp3) is 0.212. The maximum absolute atomic E-state index is 15.0. The summed E-state index contributed by atoms with van der Waals surface area (Å²) >= 11 is 0. The first kappa shape index (κ1) is 28.9. The average molecular weight is 574 g/mol. The third-order valence-electron chi connectivity index (χ3n) is 7.32. The first-order valence-electron chi connectivity index (χ1n) is 13.5. The molecule has 2 atom stereocenters. The highest BCUT2D eigenvalue weighted by Crippen LogP contribution is 2.35. The first-order valence-corrected chi connectivity index (χ1v) is 13.5. The van der Waals surface area contributed by atoms with E-state index in [0.717, 1.165) is 28.8 Å². The van der Waals surface area contributed by atoms with Crippen LogP contribution in [0.2, 0.25) is 0 Å². The van der Waals surface area contributed by atoms with E-state index >= 15 is 0 Å². The molecule has 0 saturated heterocycles. The molecule has 4 aromatic rings. The number of nitrogens with one attached hydrogen (secondary N) is 1. The van der Waals surface area contributed by atoms with Crippen molar-refractivity contribution in [3.05, 3.63) is 119 Å². The predicted molar refractivity (Wildman–Crippen MR) is 155 cm³/mol. The van der Waals surface area contributed by atoms with Crippen molar-refractivity contribution in [3.63, 3.8) is 0 Å². The molecule has 0 unspecified atom stereocenters. The zero-order valence-corrected chi connectivity index (χ0v) is 23.2. The largest absolute Gasteiger partial charge is 0.492 e. The van der Waals surface area contributed by atoms with E-state index in [9.17, 15) is 23.1 Å². The SMILES string of the molecule is CC(=Nc1ccc2c(c1)[C@@H](NC(=O)c1ccc(-c3ccccc3)cc1F)[C@H](O)C2)N(C)CCOc1ccc(F)c(F)c1. The Morgan fingerprint density at radius 2 is 1.74 bits per heavy atom. The second kappa shape index (κ2) is 12.5. The molecule has 9 heteroatoms. The summed E-state index contributed by atoms with van der Waals surface area (Å²) in [7, 11) is 1.82. The molecule has 1 aliphatic carbocycles. The number of aliphatic hydroxyl groups excluding tert-OH is 1. The lowest BCUT2D eigenvalue weighted by atomic mass is 10.0. The van der Waals surface area contributed by atoms with Crippen LogP contribution < -0.4 is 10.1 Å². The van der Waals surface area contributed by atoms with Crippen molar-refractivity contribution in [2.24, 2.45) is 4.99 Å². The number of halogens is 3. The molecule has 216 valence electrons. The number of carbonyl (C=O) groups is 1. The highest BCUT2D eigenvalue weighted by atomic mass is 19.2. The average Bonchev–Trinajstić information content (AvgIpc) is 3.29. The van der Waals surface area contributed by atoms with Crippen LogP contribution in [-0.2, 0) is 6.42 Å². The molecule has 4 aromatic carbocycles. The number of aliphatic hydroxyl groups is 1. The van der Waals surface area contributed by atoms with E-state index in [-0.39, 0.29) is 17.9 Å². The molecule has 0 aromatic heterocycles. The van der Waals surface area contributed by atoms with Crippen LogP contribution in [0.5, 0.6) is 5.75 Å². The second-order valence-electron chi connectivity index (χ2n) is 10.2. The van der Waals surface area contributed by atoms with Crippen molar-refractivity contribution in [2.45, 2.75) is 25.5 Å². The van der Waals surface area contributed by atoms with Gasteiger partial charge in [0.2, 0.25) is 0 Å². The van der Waals surface area contributed by atoms with Crippen LogP contribution >= 0.6 is 0 Å². The van der Waals surface area contributed by atoms with Crippen LogP contribution in [0.4, 0.5) is 18.9 Å². The number of likely N-dealkylation sites (N-methyl/N-ethyl adjacent to an activating group) is 1. The van der Waals surface area contributed by atoms with E-state index in [0.29, 0.717) is 30.1 Å². The van der Waals surface area contributed by atoms with Gasteiger partial charge in [0.1, 0.15) is 24.0 Å². The Morgan fingerprint density at radius 1 is 0.952 bits per heavy atom. The number of carbonyl (C=O) groups excluding carboxylic acids is 1. The van der Waals surface area contributed by atoms with Gasteiger partial charge in [-0.15, -0.1) is 0 Å². The molecular formula is C33H30F3N3O3. The van der Waals surface area contributed by atoms with Gasteiger partial charge in [0.05, 0.1) is 29.9 Å². The minimum atomic E-state index is -0.971.